The summed E-state index contributed by atoms with van der Waals surface area (Å²) in [6, 6.07) is 0.432. The van der Waals surface area contributed by atoms with Crippen LogP contribution in [0.5, 0.6) is 0 Å². The molecule has 2 aliphatic rings. The number of rotatable bonds is 3. The molecule has 0 aliphatic heterocycles. The lowest BCUT2D eigenvalue weighted by Gasteiger charge is -2.19. The number of carboxylic acids is 1. The Balaban J connectivity index is 1.75. The molecule has 1 saturated carbocycles. The highest BCUT2D eigenvalue weighted by Crippen LogP contribution is 2.34. The summed E-state index contributed by atoms with van der Waals surface area (Å²) in [7, 11) is 1.74. The van der Waals surface area contributed by atoms with Crippen molar-refractivity contribution in [3.63, 3.8) is 0 Å². The Morgan fingerprint density at radius 1 is 1.35 bits per heavy atom. The molecule has 120 valence electrons. The van der Waals surface area contributed by atoms with E-state index in [9.17, 15) is 9.90 Å². The number of nitrogens with one attached hydrogen (secondary N) is 1. The minimum absolute atomic E-state index is 0.0251. The fraction of sp³-hybridized carbons (Fsp3) is 0.500. The maximum absolute atomic E-state index is 11.3. The van der Waals surface area contributed by atoms with Gasteiger partial charge in [0, 0.05) is 24.8 Å². The lowest BCUT2D eigenvalue weighted by molar-refractivity contribution is -0.255. The Labute approximate surface area is 133 Å². The Morgan fingerprint density at radius 3 is 2.87 bits per heavy atom. The van der Waals surface area contributed by atoms with Crippen molar-refractivity contribution in [2.75, 3.05) is 5.32 Å². The van der Waals surface area contributed by atoms with E-state index in [1.807, 2.05) is 6.20 Å². The number of carboxylic acid groups (broad SMARTS) is 1. The van der Waals surface area contributed by atoms with E-state index in [0.717, 1.165) is 36.2 Å². The second-order valence-corrected chi connectivity index (χ2v) is 6.28. The lowest BCUT2D eigenvalue weighted by Crippen LogP contribution is -2.24. The zero-order valence-corrected chi connectivity index (χ0v) is 13.0. The van der Waals surface area contributed by atoms with Crippen LogP contribution < -0.4 is 10.4 Å². The number of fused-ring (bicyclic) bond motifs is 3. The van der Waals surface area contributed by atoms with E-state index >= 15 is 0 Å². The van der Waals surface area contributed by atoms with Gasteiger partial charge in [-0.1, -0.05) is 12.8 Å². The zero-order valence-electron chi connectivity index (χ0n) is 13.0. The molecular formula is C16H18N5O2-. The Bertz CT molecular complexity index is 777. The first-order chi connectivity index (χ1) is 11.1. The van der Waals surface area contributed by atoms with Gasteiger partial charge in [0.05, 0.1) is 17.4 Å². The second kappa shape index (κ2) is 5.33. The first kappa shape index (κ1) is 14.2. The van der Waals surface area contributed by atoms with E-state index in [-0.39, 0.29) is 5.69 Å². The first-order valence-electron chi connectivity index (χ1n) is 8.03. The van der Waals surface area contributed by atoms with E-state index in [4.69, 9.17) is 0 Å². The maximum Gasteiger partial charge on any atom is 0.223 e. The van der Waals surface area contributed by atoms with Crippen molar-refractivity contribution in [1.82, 2.24) is 19.7 Å². The summed E-state index contributed by atoms with van der Waals surface area (Å²) in [6.07, 6.45) is 7.95. The van der Waals surface area contributed by atoms with E-state index < -0.39 is 5.97 Å². The van der Waals surface area contributed by atoms with Crippen LogP contribution in [0.3, 0.4) is 0 Å². The first-order valence-corrected chi connectivity index (χ1v) is 8.03. The van der Waals surface area contributed by atoms with Crippen molar-refractivity contribution in [1.29, 1.82) is 0 Å². The number of hydrogen-bond acceptors (Lipinski definition) is 6. The molecule has 0 aromatic carbocycles. The number of aromatic carboxylic acids is 1. The fourth-order valence-corrected chi connectivity index (χ4v) is 3.64. The average Bonchev–Trinajstić information content (AvgIpc) is 3.15. The molecule has 1 N–H and O–H groups in total. The SMILES string of the molecule is Cn1nc(C(=O)[O-])c2c1-c1nc(NC3CCCC3)ncc1CC2. The molecule has 0 spiro atoms. The third-order valence-corrected chi connectivity index (χ3v) is 4.76. The van der Waals surface area contributed by atoms with Crippen LogP contribution in [0.15, 0.2) is 6.20 Å². The Kier molecular flexibility index (Phi) is 3.28. The number of anilines is 1. The predicted octanol–water partition coefficient (Wildman–Crippen LogP) is 0.694. The van der Waals surface area contributed by atoms with Crippen LogP contribution in [-0.4, -0.2) is 31.8 Å². The summed E-state index contributed by atoms with van der Waals surface area (Å²) in [4.78, 5) is 20.3. The van der Waals surface area contributed by atoms with E-state index in [0.29, 0.717) is 24.0 Å². The summed E-state index contributed by atoms with van der Waals surface area (Å²) >= 11 is 0. The molecule has 4 rings (SSSR count). The molecule has 0 bridgehead atoms. The van der Waals surface area contributed by atoms with Gasteiger partial charge in [-0.25, -0.2) is 9.97 Å². The minimum Gasteiger partial charge on any atom is -0.543 e. The highest BCUT2D eigenvalue weighted by molar-refractivity contribution is 5.88. The zero-order chi connectivity index (χ0) is 16.0. The van der Waals surface area contributed by atoms with Gasteiger partial charge < -0.3 is 15.2 Å². The average molecular weight is 312 g/mol. The Morgan fingerprint density at radius 2 is 2.13 bits per heavy atom. The maximum atomic E-state index is 11.3. The van der Waals surface area contributed by atoms with Crippen molar-refractivity contribution < 1.29 is 9.90 Å². The van der Waals surface area contributed by atoms with Gasteiger partial charge in [0.2, 0.25) is 5.95 Å². The highest BCUT2D eigenvalue weighted by Gasteiger charge is 2.26. The van der Waals surface area contributed by atoms with Crippen molar-refractivity contribution in [2.24, 2.45) is 7.05 Å². The van der Waals surface area contributed by atoms with E-state index in [1.165, 1.54) is 12.8 Å². The molecule has 0 radical (unpaired) electrons. The number of nitrogens with zero attached hydrogens (tertiary/aromatic N) is 4. The second-order valence-electron chi connectivity index (χ2n) is 6.28. The quantitative estimate of drug-likeness (QED) is 0.896. The van der Waals surface area contributed by atoms with Gasteiger partial charge in [0.25, 0.3) is 0 Å². The number of hydrogen-bond donors (Lipinski definition) is 1. The molecule has 0 unspecified atom stereocenters. The number of aromatic nitrogens is 4. The van der Waals surface area contributed by atoms with Gasteiger partial charge >= 0.3 is 0 Å². The van der Waals surface area contributed by atoms with Crippen LogP contribution in [-0.2, 0) is 19.9 Å². The monoisotopic (exact) mass is 312 g/mol. The van der Waals surface area contributed by atoms with Crippen LogP contribution in [0.2, 0.25) is 0 Å². The largest absolute Gasteiger partial charge is 0.543 e. The van der Waals surface area contributed by atoms with Crippen LogP contribution in [0, 0.1) is 0 Å². The summed E-state index contributed by atoms with van der Waals surface area (Å²) in [5, 5.41) is 18.8. The van der Waals surface area contributed by atoms with Crippen molar-refractivity contribution in [2.45, 2.75) is 44.6 Å². The molecule has 0 amide bonds. The topological polar surface area (TPSA) is 95.8 Å². The summed E-state index contributed by atoms with van der Waals surface area (Å²) in [6.45, 7) is 0. The van der Waals surface area contributed by atoms with Crippen LogP contribution >= 0.6 is 0 Å². The fourth-order valence-electron chi connectivity index (χ4n) is 3.64. The van der Waals surface area contributed by atoms with Gasteiger partial charge in [-0.15, -0.1) is 0 Å². The van der Waals surface area contributed by atoms with Crippen LogP contribution in [0.1, 0.15) is 47.3 Å². The molecule has 0 saturated heterocycles. The molecule has 0 atom stereocenters. The Hall–Kier alpha value is -2.44. The summed E-state index contributed by atoms with van der Waals surface area (Å²) < 4.78 is 1.59. The molecule has 2 aliphatic carbocycles. The highest BCUT2D eigenvalue weighted by atomic mass is 16.4. The lowest BCUT2D eigenvalue weighted by atomic mass is 9.93. The van der Waals surface area contributed by atoms with Crippen molar-refractivity contribution >= 4 is 11.9 Å². The third kappa shape index (κ3) is 2.36. The van der Waals surface area contributed by atoms with Crippen molar-refractivity contribution in [3.05, 3.63) is 23.0 Å². The normalized spacial score (nSPS) is 16.9. The van der Waals surface area contributed by atoms with Gasteiger partial charge in [0.1, 0.15) is 5.69 Å². The number of carbonyl (C=O) groups is 1. The van der Waals surface area contributed by atoms with Crippen LogP contribution in [0.25, 0.3) is 11.4 Å². The third-order valence-electron chi connectivity index (χ3n) is 4.76. The molecule has 7 nitrogen and oxygen atoms in total. The molecular weight excluding hydrogens is 294 g/mol. The number of aryl methyl sites for hydroxylation is 2. The molecule has 2 heterocycles. The minimum atomic E-state index is -1.23. The van der Waals surface area contributed by atoms with E-state index in [2.05, 4.69) is 20.4 Å². The smallest absolute Gasteiger partial charge is 0.223 e. The van der Waals surface area contributed by atoms with E-state index in [1.54, 1.807) is 11.7 Å². The molecule has 7 heteroatoms. The number of carbonyl (C=O) groups excluding carboxylic acids is 1. The standard InChI is InChI=1S/C16H19N5O2/c1-21-14-11(13(20-21)15(22)23)7-6-9-8-17-16(19-12(9)14)18-10-4-2-3-5-10/h8,10H,2-7H2,1H3,(H,22,23)(H,17,18,19)/p-1. The molecule has 23 heavy (non-hydrogen) atoms. The molecule has 1 fully saturated rings. The molecule has 2 aromatic rings. The predicted molar refractivity (Wildman–Crippen MR) is 81.9 cm³/mol. The van der Waals surface area contributed by atoms with Gasteiger partial charge in [-0.3, -0.25) is 4.68 Å². The van der Waals surface area contributed by atoms with Gasteiger partial charge in [-0.2, -0.15) is 5.10 Å². The summed E-state index contributed by atoms with van der Waals surface area (Å²) in [5.74, 6) is -0.622. The summed E-state index contributed by atoms with van der Waals surface area (Å²) in [5.41, 5.74) is 3.32. The van der Waals surface area contributed by atoms with Gasteiger partial charge in [0.15, 0.2) is 0 Å². The van der Waals surface area contributed by atoms with Crippen LogP contribution in [0.4, 0.5) is 5.95 Å². The van der Waals surface area contributed by atoms with Gasteiger partial charge in [-0.05, 0) is 31.2 Å². The molecule has 2 aromatic heterocycles. The van der Waals surface area contributed by atoms with Crippen molar-refractivity contribution in [3.8, 4) is 11.4 Å².